The van der Waals surface area contributed by atoms with E-state index in [2.05, 4.69) is 0 Å². The Balaban J connectivity index is 1.76. The molecule has 0 aliphatic carbocycles. The molecule has 2 aliphatic heterocycles. The van der Waals surface area contributed by atoms with E-state index in [1.165, 1.54) is 25.3 Å². The van der Waals surface area contributed by atoms with Crippen LogP contribution in [0, 0.1) is 0 Å². The maximum Gasteiger partial charge on any atom is 0.186 e. The fourth-order valence-electron chi connectivity index (χ4n) is 2.63. The van der Waals surface area contributed by atoms with Gasteiger partial charge in [-0.25, -0.2) is 0 Å². The van der Waals surface area contributed by atoms with Crippen LogP contribution in [0.5, 0.6) is 11.5 Å². The van der Waals surface area contributed by atoms with Crippen LogP contribution in [0.25, 0.3) is 0 Å². The molecule has 0 saturated carbocycles. The molecule has 22 heavy (non-hydrogen) atoms. The topological polar surface area (TPSA) is 118 Å². The van der Waals surface area contributed by atoms with Gasteiger partial charge in [0.2, 0.25) is 0 Å². The average molecular weight is 314 g/mol. The summed E-state index contributed by atoms with van der Waals surface area (Å²) in [5, 5.41) is 38.9. The Bertz CT molecular complexity index is 534. The molecule has 122 valence electrons. The predicted molar refractivity (Wildman–Crippen MR) is 71.0 cm³/mol. The standard InChI is InChI=1S/C14H18O8/c1-19-14-11(18)10(17)12-9(21-14)5-20-13(22-12)6-2-3-7(15)8(16)4-6/h2-4,9-18H,5H2,1H3/t9-,10-,11-,12-,13?,14-/m1/s1. The molecule has 0 spiro atoms. The summed E-state index contributed by atoms with van der Waals surface area (Å²) in [5.41, 5.74) is 0.476. The van der Waals surface area contributed by atoms with Crippen molar-refractivity contribution in [2.45, 2.75) is 37.0 Å². The summed E-state index contributed by atoms with van der Waals surface area (Å²) in [5.74, 6) is -0.552. The van der Waals surface area contributed by atoms with E-state index in [0.717, 1.165) is 0 Å². The molecule has 1 aromatic carbocycles. The summed E-state index contributed by atoms with van der Waals surface area (Å²) >= 11 is 0. The molecule has 6 atom stereocenters. The summed E-state index contributed by atoms with van der Waals surface area (Å²) in [6.45, 7) is 0.126. The fraction of sp³-hybridized carbons (Fsp3) is 0.571. The summed E-state index contributed by atoms with van der Waals surface area (Å²) in [4.78, 5) is 0. The van der Waals surface area contributed by atoms with Gasteiger partial charge < -0.3 is 39.4 Å². The number of aromatic hydroxyl groups is 2. The van der Waals surface area contributed by atoms with Gasteiger partial charge in [-0.15, -0.1) is 0 Å². The van der Waals surface area contributed by atoms with Crippen LogP contribution in [-0.4, -0.2) is 64.8 Å². The van der Waals surface area contributed by atoms with Crippen LogP contribution in [0.3, 0.4) is 0 Å². The molecule has 0 amide bonds. The van der Waals surface area contributed by atoms with E-state index in [-0.39, 0.29) is 18.1 Å². The number of rotatable bonds is 2. The number of fused-ring (bicyclic) bond motifs is 1. The number of aliphatic hydroxyl groups is 2. The third-order valence-corrected chi connectivity index (χ3v) is 3.84. The molecule has 2 heterocycles. The molecule has 0 bridgehead atoms. The molecule has 4 N–H and O–H groups in total. The maximum absolute atomic E-state index is 10.2. The molecule has 3 rings (SSSR count). The number of hydrogen-bond acceptors (Lipinski definition) is 8. The zero-order valence-corrected chi connectivity index (χ0v) is 11.8. The number of ether oxygens (including phenoxy) is 4. The molecule has 2 saturated heterocycles. The van der Waals surface area contributed by atoms with Crippen LogP contribution in [0.1, 0.15) is 11.9 Å². The first-order valence-electron chi connectivity index (χ1n) is 6.84. The van der Waals surface area contributed by atoms with Crippen LogP contribution in [0.15, 0.2) is 18.2 Å². The predicted octanol–water partition coefficient (Wildman–Crippen LogP) is -0.395. The second-order valence-electron chi connectivity index (χ2n) is 5.27. The van der Waals surface area contributed by atoms with E-state index in [9.17, 15) is 20.4 Å². The van der Waals surface area contributed by atoms with Gasteiger partial charge in [0, 0.05) is 12.7 Å². The number of benzene rings is 1. The van der Waals surface area contributed by atoms with Gasteiger partial charge >= 0.3 is 0 Å². The lowest BCUT2D eigenvalue weighted by Crippen LogP contribution is -2.62. The molecule has 2 fully saturated rings. The van der Waals surface area contributed by atoms with Gasteiger partial charge in [-0.3, -0.25) is 0 Å². The van der Waals surface area contributed by atoms with Crippen molar-refractivity contribution >= 4 is 0 Å². The molecule has 0 radical (unpaired) electrons. The molecular weight excluding hydrogens is 296 g/mol. The second-order valence-corrected chi connectivity index (χ2v) is 5.27. The molecule has 8 nitrogen and oxygen atoms in total. The van der Waals surface area contributed by atoms with E-state index in [1.807, 2.05) is 0 Å². The third-order valence-electron chi connectivity index (χ3n) is 3.84. The summed E-state index contributed by atoms with van der Waals surface area (Å²) in [6, 6.07) is 4.16. The third kappa shape index (κ3) is 2.65. The molecule has 1 unspecified atom stereocenters. The van der Waals surface area contributed by atoms with Crippen LogP contribution in [0.4, 0.5) is 0 Å². The highest BCUT2D eigenvalue weighted by Gasteiger charge is 2.49. The Labute approximate surface area is 126 Å². The minimum atomic E-state index is -1.24. The Morgan fingerprint density at radius 2 is 1.86 bits per heavy atom. The highest BCUT2D eigenvalue weighted by Crippen LogP contribution is 2.36. The van der Waals surface area contributed by atoms with Gasteiger partial charge in [0.15, 0.2) is 24.1 Å². The van der Waals surface area contributed by atoms with Crippen LogP contribution < -0.4 is 0 Å². The van der Waals surface area contributed by atoms with Gasteiger partial charge in [0.1, 0.15) is 24.4 Å². The number of aliphatic hydroxyl groups excluding tert-OH is 2. The minimum absolute atomic E-state index is 0.126. The summed E-state index contributed by atoms with van der Waals surface area (Å²) < 4.78 is 21.6. The van der Waals surface area contributed by atoms with E-state index >= 15 is 0 Å². The SMILES string of the molecule is CO[C@@H]1O[C@@H]2COC(c3ccc(O)c(O)c3)O[C@H]2[C@H](O)[C@H]1O. The van der Waals surface area contributed by atoms with Crippen LogP contribution in [0.2, 0.25) is 0 Å². The first-order valence-corrected chi connectivity index (χ1v) is 6.84. The minimum Gasteiger partial charge on any atom is -0.504 e. The molecular formula is C14H18O8. The maximum atomic E-state index is 10.2. The molecule has 1 aromatic rings. The highest BCUT2D eigenvalue weighted by molar-refractivity contribution is 5.41. The van der Waals surface area contributed by atoms with Crippen molar-refractivity contribution in [1.29, 1.82) is 0 Å². The Kier molecular flexibility index (Phi) is 4.22. The van der Waals surface area contributed by atoms with Gasteiger partial charge in [-0.2, -0.15) is 0 Å². The number of methoxy groups -OCH3 is 1. The Morgan fingerprint density at radius 1 is 1.09 bits per heavy atom. The first kappa shape index (κ1) is 15.5. The van der Waals surface area contributed by atoms with Crippen molar-refractivity contribution < 1.29 is 39.4 Å². The van der Waals surface area contributed by atoms with Crippen molar-refractivity contribution in [1.82, 2.24) is 0 Å². The van der Waals surface area contributed by atoms with Crippen molar-refractivity contribution in [3.8, 4) is 11.5 Å². The normalized spacial score (nSPS) is 38.5. The van der Waals surface area contributed by atoms with Crippen molar-refractivity contribution in [3.63, 3.8) is 0 Å². The van der Waals surface area contributed by atoms with Crippen molar-refractivity contribution in [3.05, 3.63) is 23.8 Å². The van der Waals surface area contributed by atoms with Crippen molar-refractivity contribution in [2.24, 2.45) is 0 Å². The Morgan fingerprint density at radius 3 is 2.55 bits per heavy atom. The zero-order valence-electron chi connectivity index (χ0n) is 11.8. The lowest BCUT2D eigenvalue weighted by Gasteiger charge is -2.45. The monoisotopic (exact) mass is 314 g/mol. The summed E-state index contributed by atoms with van der Waals surface area (Å²) in [6.07, 6.45) is -5.60. The van der Waals surface area contributed by atoms with Crippen LogP contribution in [-0.2, 0) is 18.9 Å². The summed E-state index contributed by atoms with van der Waals surface area (Å²) in [7, 11) is 1.37. The zero-order chi connectivity index (χ0) is 15.9. The first-order chi connectivity index (χ1) is 10.5. The van der Waals surface area contributed by atoms with E-state index in [4.69, 9.17) is 18.9 Å². The molecule has 8 heteroatoms. The number of phenolic OH excluding ortho intramolecular Hbond substituents is 2. The molecule has 2 aliphatic rings. The Hall–Kier alpha value is -1.42. The van der Waals surface area contributed by atoms with Gasteiger partial charge in [-0.05, 0) is 12.1 Å². The van der Waals surface area contributed by atoms with Crippen molar-refractivity contribution in [2.75, 3.05) is 13.7 Å². The van der Waals surface area contributed by atoms with E-state index < -0.39 is 37.0 Å². The number of phenols is 2. The van der Waals surface area contributed by atoms with Gasteiger partial charge in [0.25, 0.3) is 0 Å². The lowest BCUT2D eigenvalue weighted by molar-refractivity contribution is -0.358. The van der Waals surface area contributed by atoms with Gasteiger partial charge in [-0.1, -0.05) is 6.07 Å². The van der Waals surface area contributed by atoms with E-state index in [1.54, 1.807) is 0 Å². The smallest absolute Gasteiger partial charge is 0.186 e. The highest BCUT2D eigenvalue weighted by atomic mass is 16.7. The van der Waals surface area contributed by atoms with Gasteiger partial charge in [0.05, 0.1) is 6.61 Å². The number of hydrogen-bond donors (Lipinski definition) is 4. The van der Waals surface area contributed by atoms with Crippen LogP contribution >= 0.6 is 0 Å². The van der Waals surface area contributed by atoms with E-state index in [0.29, 0.717) is 5.56 Å². The molecule has 0 aromatic heterocycles. The fourth-order valence-corrected chi connectivity index (χ4v) is 2.63. The average Bonchev–Trinajstić information content (AvgIpc) is 2.53. The lowest BCUT2D eigenvalue weighted by atomic mass is 9.98. The quantitative estimate of drug-likeness (QED) is 0.545. The largest absolute Gasteiger partial charge is 0.504 e. The second kappa shape index (κ2) is 5.99.